The summed E-state index contributed by atoms with van der Waals surface area (Å²) in [4.78, 5) is 0. The van der Waals surface area contributed by atoms with Crippen LogP contribution < -0.4 is 0 Å². The third-order valence-corrected chi connectivity index (χ3v) is 4.20. The number of ether oxygens (including phenoxy) is 2. The highest BCUT2D eigenvalue weighted by Gasteiger charge is 2.26. The SMILES string of the molecule is CCC1CCC(CC2OCC(C)CO2)CC1. The maximum atomic E-state index is 5.72. The van der Waals surface area contributed by atoms with Gasteiger partial charge in [-0.25, -0.2) is 0 Å². The minimum Gasteiger partial charge on any atom is -0.352 e. The van der Waals surface area contributed by atoms with Crippen LogP contribution in [0.1, 0.15) is 52.4 Å². The molecule has 2 rings (SSSR count). The molecule has 0 aromatic heterocycles. The largest absolute Gasteiger partial charge is 0.352 e. The fraction of sp³-hybridized carbons (Fsp3) is 1.00. The van der Waals surface area contributed by atoms with Crippen molar-refractivity contribution in [3.05, 3.63) is 0 Å². The highest BCUT2D eigenvalue weighted by molar-refractivity contribution is 4.73. The second kappa shape index (κ2) is 6.02. The predicted molar refractivity (Wildman–Crippen MR) is 65.2 cm³/mol. The summed E-state index contributed by atoms with van der Waals surface area (Å²) < 4.78 is 11.4. The molecule has 0 aromatic rings. The topological polar surface area (TPSA) is 18.5 Å². The van der Waals surface area contributed by atoms with Gasteiger partial charge < -0.3 is 9.47 Å². The molecule has 2 heteroatoms. The Morgan fingerprint density at radius 3 is 2.06 bits per heavy atom. The first-order valence-electron chi connectivity index (χ1n) is 7.01. The maximum Gasteiger partial charge on any atom is 0.157 e. The van der Waals surface area contributed by atoms with Crippen molar-refractivity contribution in [1.82, 2.24) is 0 Å². The van der Waals surface area contributed by atoms with Gasteiger partial charge in [-0.1, -0.05) is 33.1 Å². The van der Waals surface area contributed by atoms with Crippen molar-refractivity contribution in [2.24, 2.45) is 17.8 Å². The molecule has 0 amide bonds. The highest BCUT2D eigenvalue weighted by atomic mass is 16.7. The van der Waals surface area contributed by atoms with E-state index in [1.807, 2.05) is 0 Å². The Hall–Kier alpha value is -0.0800. The number of hydrogen-bond acceptors (Lipinski definition) is 2. The van der Waals surface area contributed by atoms with E-state index < -0.39 is 0 Å². The Morgan fingerprint density at radius 1 is 0.938 bits per heavy atom. The molecule has 1 saturated carbocycles. The molecule has 0 unspecified atom stereocenters. The minimum absolute atomic E-state index is 0.0966. The molecule has 1 saturated heterocycles. The van der Waals surface area contributed by atoms with E-state index in [4.69, 9.17) is 9.47 Å². The quantitative estimate of drug-likeness (QED) is 0.732. The summed E-state index contributed by atoms with van der Waals surface area (Å²) in [5, 5.41) is 0. The molecule has 0 N–H and O–H groups in total. The Balaban J connectivity index is 1.66. The van der Waals surface area contributed by atoms with E-state index in [9.17, 15) is 0 Å². The summed E-state index contributed by atoms with van der Waals surface area (Å²) >= 11 is 0. The molecule has 1 heterocycles. The first-order chi connectivity index (χ1) is 7.78. The van der Waals surface area contributed by atoms with Gasteiger partial charge in [0.2, 0.25) is 0 Å². The zero-order valence-corrected chi connectivity index (χ0v) is 10.8. The van der Waals surface area contributed by atoms with E-state index in [2.05, 4.69) is 13.8 Å². The van der Waals surface area contributed by atoms with E-state index in [0.717, 1.165) is 31.5 Å². The smallest absolute Gasteiger partial charge is 0.157 e. The van der Waals surface area contributed by atoms with Crippen LogP contribution in [0.4, 0.5) is 0 Å². The predicted octanol–water partition coefficient (Wildman–Crippen LogP) is 3.60. The average Bonchev–Trinajstić information content (AvgIpc) is 2.33. The zero-order chi connectivity index (χ0) is 11.4. The molecule has 1 aliphatic carbocycles. The first-order valence-corrected chi connectivity index (χ1v) is 7.01. The van der Waals surface area contributed by atoms with Gasteiger partial charge in [0, 0.05) is 12.3 Å². The molecule has 0 radical (unpaired) electrons. The van der Waals surface area contributed by atoms with Crippen LogP contribution in [0.3, 0.4) is 0 Å². The number of hydrogen-bond donors (Lipinski definition) is 0. The highest BCUT2D eigenvalue weighted by Crippen LogP contribution is 2.34. The van der Waals surface area contributed by atoms with Crippen LogP contribution in [0.2, 0.25) is 0 Å². The monoisotopic (exact) mass is 226 g/mol. The molecule has 2 nitrogen and oxygen atoms in total. The summed E-state index contributed by atoms with van der Waals surface area (Å²) in [5.41, 5.74) is 0. The van der Waals surface area contributed by atoms with Crippen molar-refractivity contribution < 1.29 is 9.47 Å². The lowest BCUT2D eigenvalue weighted by atomic mass is 9.79. The van der Waals surface area contributed by atoms with Crippen molar-refractivity contribution in [3.8, 4) is 0 Å². The normalized spacial score (nSPS) is 40.9. The van der Waals surface area contributed by atoms with Crippen LogP contribution in [-0.2, 0) is 9.47 Å². The summed E-state index contributed by atoms with van der Waals surface area (Å²) in [7, 11) is 0. The molecular weight excluding hydrogens is 200 g/mol. The molecule has 2 fully saturated rings. The van der Waals surface area contributed by atoms with Gasteiger partial charge in [-0.3, -0.25) is 0 Å². The van der Waals surface area contributed by atoms with Gasteiger partial charge in [0.1, 0.15) is 0 Å². The summed E-state index contributed by atoms with van der Waals surface area (Å²) in [6, 6.07) is 0. The van der Waals surface area contributed by atoms with Gasteiger partial charge in [0.05, 0.1) is 13.2 Å². The van der Waals surface area contributed by atoms with Crippen LogP contribution in [-0.4, -0.2) is 19.5 Å². The molecule has 0 aromatic carbocycles. The summed E-state index contributed by atoms with van der Waals surface area (Å²) in [6.45, 7) is 6.27. The van der Waals surface area contributed by atoms with Crippen molar-refractivity contribution in [3.63, 3.8) is 0 Å². The van der Waals surface area contributed by atoms with Crippen molar-refractivity contribution in [1.29, 1.82) is 0 Å². The third kappa shape index (κ3) is 3.46. The molecule has 0 bridgehead atoms. The molecule has 16 heavy (non-hydrogen) atoms. The standard InChI is InChI=1S/C14H26O2/c1-3-12-4-6-13(7-5-12)8-14-15-9-11(2)10-16-14/h11-14H,3-10H2,1-2H3. The second-order valence-electron chi connectivity index (χ2n) is 5.73. The Morgan fingerprint density at radius 2 is 1.50 bits per heavy atom. The Bertz CT molecular complexity index is 189. The molecule has 1 aliphatic heterocycles. The van der Waals surface area contributed by atoms with Crippen molar-refractivity contribution >= 4 is 0 Å². The summed E-state index contributed by atoms with van der Waals surface area (Å²) in [5.74, 6) is 2.41. The average molecular weight is 226 g/mol. The van der Waals surface area contributed by atoms with Crippen LogP contribution in [0, 0.1) is 17.8 Å². The van der Waals surface area contributed by atoms with Gasteiger partial charge in [-0.15, -0.1) is 0 Å². The lowest BCUT2D eigenvalue weighted by Crippen LogP contribution is -2.32. The first kappa shape index (κ1) is 12.4. The zero-order valence-electron chi connectivity index (χ0n) is 10.8. The third-order valence-electron chi connectivity index (χ3n) is 4.20. The molecule has 2 aliphatic rings. The van der Waals surface area contributed by atoms with Gasteiger partial charge in [-0.2, -0.15) is 0 Å². The van der Waals surface area contributed by atoms with Crippen LogP contribution in [0.5, 0.6) is 0 Å². The lowest BCUT2D eigenvalue weighted by molar-refractivity contribution is -0.206. The molecule has 94 valence electrons. The van der Waals surface area contributed by atoms with E-state index in [0.29, 0.717) is 5.92 Å². The van der Waals surface area contributed by atoms with E-state index in [1.165, 1.54) is 32.1 Å². The van der Waals surface area contributed by atoms with Crippen LogP contribution in [0.15, 0.2) is 0 Å². The second-order valence-corrected chi connectivity index (χ2v) is 5.73. The van der Waals surface area contributed by atoms with Gasteiger partial charge in [0.15, 0.2) is 6.29 Å². The lowest BCUT2D eigenvalue weighted by Gasteiger charge is -2.33. The number of rotatable bonds is 3. The summed E-state index contributed by atoms with van der Waals surface area (Å²) in [6.07, 6.45) is 8.20. The maximum absolute atomic E-state index is 5.72. The Labute approximate surface area is 99.7 Å². The van der Waals surface area contributed by atoms with Crippen molar-refractivity contribution in [2.45, 2.75) is 58.7 Å². The van der Waals surface area contributed by atoms with Crippen LogP contribution >= 0.6 is 0 Å². The minimum atomic E-state index is 0.0966. The van der Waals surface area contributed by atoms with E-state index >= 15 is 0 Å². The van der Waals surface area contributed by atoms with E-state index in [-0.39, 0.29) is 6.29 Å². The fourth-order valence-corrected chi connectivity index (χ4v) is 2.92. The molecule has 0 spiro atoms. The van der Waals surface area contributed by atoms with Gasteiger partial charge >= 0.3 is 0 Å². The van der Waals surface area contributed by atoms with E-state index in [1.54, 1.807) is 0 Å². The van der Waals surface area contributed by atoms with Crippen molar-refractivity contribution in [2.75, 3.05) is 13.2 Å². The molecular formula is C14H26O2. The molecule has 0 atom stereocenters. The van der Waals surface area contributed by atoms with Gasteiger partial charge in [-0.05, 0) is 24.7 Å². The van der Waals surface area contributed by atoms with Gasteiger partial charge in [0.25, 0.3) is 0 Å². The van der Waals surface area contributed by atoms with Crippen LogP contribution in [0.25, 0.3) is 0 Å². The fourth-order valence-electron chi connectivity index (χ4n) is 2.92. The Kier molecular flexibility index (Phi) is 4.66.